The highest BCUT2D eigenvalue weighted by Gasteiger charge is 2.22. The topological polar surface area (TPSA) is 67.4 Å². The quantitative estimate of drug-likeness (QED) is 0.701. The van der Waals surface area contributed by atoms with Crippen molar-refractivity contribution in [1.82, 2.24) is 10.0 Å². The van der Waals surface area contributed by atoms with Crippen molar-refractivity contribution >= 4 is 10.0 Å². The van der Waals surface area contributed by atoms with Gasteiger partial charge in [-0.05, 0) is 33.2 Å². The minimum Gasteiger partial charge on any atom is -0.377 e. The molecule has 5 nitrogen and oxygen atoms in total. The van der Waals surface area contributed by atoms with Crippen molar-refractivity contribution in [3.05, 3.63) is 0 Å². The Balaban J connectivity index is 2.34. The van der Waals surface area contributed by atoms with E-state index in [1.165, 1.54) is 0 Å². The molecule has 0 radical (unpaired) electrons. The van der Waals surface area contributed by atoms with Crippen molar-refractivity contribution in [3.63, 3.8) is 0 Å². The number of sulfonamides is 1. The molecule has 96 valence electrons. The van der Waals surface area contributed by atoms with Crippen LogP contribution in [0.5, 0.6) is 0 Å². The molecular formula is C10H22N2O3S. The van der Waals surface area contributed by atoms with Crippen LogP contribution < -0.4 is 10.0 Å². The number of hydrogen-bond acceptors (Lipinski definition) is 4. The van der Waals surface area contributed by atoms with E-state index >= 15 is 0 Å². The fourth-order valence-corrected chi connectivity index (χ4v) is 2.81. The van der Waals surface area contributed by atoms with E-state index in [2.05, 4.69) is 10.0 Å². The molecule has 0 aromatic carbocycles. The fourth-order valence-electron chi connectivity index (χ4n) is 1.72. The van der Waals surface area contributed by atoms with Gasteiger partial charge in [0.1, 0.15) is 0 Å². The standard InChI is InChI=1S/C10H22N2O3S/c1-9(7-11-2)16(13,14)12-8-10-5-3-4-6-15-10/h9-12H,3-8H2,1-2H3. The Morgan fingerprint density at radius 1 is 1.44 bits per heavy atom. The van der Waals surface area contributed by atoms with Gasteiger partial charge in [-0.2, -0.15) is 0 Å². The van der Waals surface area contributed by atoms with E-state index in [1.807, 2.05) is 0 Å². The number of rotatable bonds is 6. The summed E-state index contributed by atoms with van der Waals surface area (Å²) in [5.41, 5.74) is 0. The van der Waals surface area contributed by atoms with Crippen LogP contribution in [-0.4, -0.2) is 46.5 Å². The van der Waals surface area contributed by atoms with Gasteiger partial charge in [0.15, 0.2) is 0 Å². The average molecular weight is 250 g/mol. The summed E-state index contributed by atoms with van der Waals surface area (Å²) in [6.45, 7) is 3.30. The maximum atomic E-state index is 11.8. The molecule has 0 aliphatic carbocycles. The van der Waals surface area contributed by atoms with Gasteiger partial charge in [-0.25, -0.2) is 13.1 Å². The number of nitrogens with one attached hydrogen (secondary N) is 2. The zero-order chi connectivity index (χ0) is 12.0. The predicted molar refractivity (Wildman–Crippen MR) is 63.9 cm³/mol. The molecule has 0 aromatic rings. The Kier molecular flexibility index (Phi) is 5.68. The summed E-state index contributed by atoms with van der Waals surface area (Å²) in [7, 11) is -1.47. The molecule has 2 unspecified atom stereocenters. The van der Waals surface area contributed by atoms with Gasteiger partial charge in [-0.1, -0.05) is 0 Å². The third-order valence-corrected chi connectivity index (χ3v) is 4.60. The molecule has 1 fully saturated rings. The second kappa shape index (κ2) is 6.54. The van der Waals surface area contributed by atoms with Crippen molar-refractivity contribution in [2.24, 2.45) is 0 Å². The van der Waals surface area contributed by atoms with E-state index in [0.29, 0.717) is 13.1 Å². The summed E-state index contributed by atoms with van der Waals surface area (Å²) in [4.78, 5) is 0. The van der Waals surface area contributed by atoms with Crippen molar-refractivity contribution in [1.29, 1.82) is 0 Å². The average Bonchev–Trinajstić information content (AvgIpc) is 2.28. The van der Waals surface area contributed by atoms with Gasteiger partial charge in [-0.15, -0.1) is 0 Å². The Bertz CT molecular complexity index is 286. The van der Waals surface area contributed by atoms with Crippen LogP contribution in [0.1, 0.15) is 26.2 Å². The minimum absolute atomic E-state index is 0.0466. The lowest BCUT2D eigenvalue weighted by atomic mass is 10.1. The lowest BCUT2D eigenvalue weighted by Crippen LogP contribution is -2.42. The zero-order valence-electron chi connectivity index (χ0n) is 10.0. The van der Waals surface area contributed by atoms with Crippen LogP contribution in [0.2, 0.25) is 0 Å². The molecule has 0 spiro atoms. The lowest BCUT2D eigenvalue weighted by Gasteiger charge is -2.23. The molecule has 0 amide bonds. The zero-order valence-corrected chi connectivity index (χ0v) is 10.8. The first-order valence-electron chi connectivity index (χ1n) is 5.81. The molecule has 1 saturated heterocycles. The molecule has 1 rings (SSSR count). The second-order valence-electron chi connectivity index (χ2n) is 4.25. The molecule has 0 saturated carbocycles. The number of hydrogen-bond donors (Lipinski definition) is 2. The molecule has 0 aromatic heterocycles. The van der Waals surface area contributed by atoms with E-state index in [4.69, 9.17) is 4.74 Å². The molecule has 1 aliphatic heterocycles. The first-order valence-corrected chi connectivity index (χ1v) is 7.35. The van der Waals surface area contributed by atoms with Crippen molar-refractivity contribution in [3.8, 4) is 0 Å². The summed E-state index contributed by atoms with van der Waals surface area (Å²) in [6, 6.07) is 0. The van der Waals surface area contributed by atoms with Gasteiger partial charge in [-0.3, -0.25) is 0 Å². The van der Waals surface area contributed by atoms with E-state index in [9.17, 15) is 8.42 Å². The third kappa shape index (κ3) is 4.37. The Hall–Kier alpha value is -0.170. The van der Waals surface area contributed by atoms with Gasteiger partial charge >= 0.3 is 0 Å². The number of ether oxygens (including phenoxy) is 1. The smallest absolute Gasteiger partial charge is 0.215 e. The maximum Gasteiger partial charge on any atom is 0.215 e. The molecule has 16 heavy (non-hydrogen) atoms. The Morgan fingerprint density at radius 2 is 2.19 bits per heavy atom. The van der Waals surface area contributed by atoms with Crippen LogP contribution in [-0.2, 0) is 14.8 Å². The van der Waals surface area contributed by atoms with Crippen LogP contribution in [0.25, 0.3) is 0 Å². The van der Waals surface area contributed by atoms with E-state index in [1.54, 1.807) is 14.0 Å². The molecule has 1 heterocycles. The molecule has 2 atom stereocenters. The summed E-state index contributed by atoms with van der Waals surface area (Å²) < 4.78 is 31.6. The first kappa shape index (κ1) is 13.9. The van der Waals surface area contributed by atoms with Gasteiger partial charge < -0.3 is 10.1 Å². The molecule has 6 heteroatoms. The van der Waals surface area contributed by atoms with Gasteiger partial charge in [0.2, 0.25) is 10.0 Å². The van der Waals surface area contributed by atoms with Gasteiger partial charge in [0.05, 0.1) is 11.4 Å². The second-order valence-corrected chi connectivity index (χ2v) is 6.43. The van der Waals surface area contributed by atoms with Crippen molar-refractivity contribution in [2.45, 2.75) is 37.5 Å². The van der Waals surface area contributed by atoms with E-state index in [-0.39, 0.29) is 6.10 Å². The minimum atomic E-state index is -3.21. The normalized spacial score (nSPS) is 24.2. The molecule has 1 aliphatic rings. The summed E-state index contributed by atoms with van der Waals surface area (Å²) in [5.74, 6) is 0. The van der Waals surface area contributed by atoms with Crippen LogP contribution >= 0.6 is 0 Å². The molecule has 2 N–H and O–H groups in total. The molecular weight excluding hydrogens is 228 g/mol. The highest BCUT2D eigenvalue weighted by molar-refractivity contribution is 7.90. The van der Waals surface area contributed by atoms with Crippen LogP contribution in [0.15, 0.2) is 0 Å². The van der Waals surface area contributed by atoms with Gasteiger partial charge in [0.25, 0.3) is 0 Å². The van der Waals surface area contributed by atoms with Crippen LogP contribution in [0, 0.1) is 0 Å². The maximum absolute atomic E-state index is 11.8. The third-order valence-electron chi connectivity index (χ3n) is 2.81. The fraction of sp³-hybridized carbons (Fsp3) is 1.00. The van der Waals surface area contributed by atoms with Crippen molar-refractivity contribution in [2.75, 3.05) is 26.7 Å². The first-order chi connectivity index (χ1) is 7.56. The van der Waals surface area contributed by atoms with Gasteiger partial charge in [0, 0.05) is 19.7 Å². The van der Waals surface area contributed by atoms with E-state index in [0.717, 1.165) is 25.9 Å². The van der Waals surface area contributed by atoms with Crippen molar-refractivity contribution < 1.29 is 13.2 Å². The summed E-state index contributed by atoms with van der Waals surface area (Å²) in [5, 5.41) is 2.45. The van der Waals surface area contributed by atoms with Crippen LogP contribution in [0.3, 0.4) is 0 Å². The Morgan fingerprint density at radius 3 is 2.75 bits per heavy atom. The highest BCUT2D eigenvalue weighted by Crippen LogP contribution is 2.12. The lowest BCUT2D eigenvalue weighted by molar-refractivity contribution is 0.0200. The van der Waals surface area contributed by atoms with E-state index < -0.39 is 15.3 Å². The predicted octanol–water partition coefficient (Wildman–Crippen LogP) is 0.0828. The highest BCUT2D eigenvalue weighted by atomic mass is 32.2. The molecule has 0 bridgehead atoms. The summed E-state index contributed by atoms with van der Waals surface area (Å²) in [6.07, 6.45) is 3.20. The SMILES string of the molecule is CNCC(C)S(=O)(=O)NCC1CCCCO1. The monoisotopic (exact) mass is 250 g/mol. The largest absolute Gasteiger partial charge is 0.377 e. The summed E-state index contributed by atoms with van der Waals surface area (Å²) >= 11 is 0. The van der Waals surface area contributed by atoms with Crippen LogP contribution in [0.4, 0.5) is 0 Å². The Labute approximate surface area is 98.0 Å².